The van der Waals surface area contributed by atoms with E-state index < -0.39 is 5.60 Å². The minimum Gasteiger partial charge on any atom is -0.508 e. The maximum Gasteiger partial charge on any atom is 0.225 e. The van der Waals surface area contributed by atoms with E-state index in [0.29, 0.717) is 13.1 Å². The Hall–Kier alpha value is -1.75. The first-order valence-electron chi connectivity index (χ1n) is 8.60. The van der Waals surface area contributed by atoms with Crippen LogP contribution < -0.4 is 4.90 Å². The van der Waals surface area contributed by atoms with Gasteiger partial charge in [-0.25, -0.2) is 0 Å². The van der Waals surface area contributed by atoms with Crippen molar-refractivity contribution in [2.75, 3.05) is 31.1 Å². The van der Waals surface area contributed by atoms with Crippen LogP contribution in [0, 0.1) is 0 Å². The maximum absolute atomic E-state index is 12.5. The minimum atomic E-state index is -0.774. The summed E-state index contributed by atoms with van der Waals surface area (Å²) in [6.07, 6.45) is 5.00. The summed E-state index contributed by atoms with van der Waals surface area (Å²) >= 11 is 0. The molecule has 1 aliphatic heterocycles. The Kier molecular flexibility index (Phi) is 4.76. The van der Waals surface area contributed by atoms with E-state index in [-0.39, 0.29) is 18.1 Å². The molecule has 1 aromatic rings. The highest BCUT2D eigenvalue weighted by atomic mass is 16.3. The van der Waals surface area contributed by atoms with Gasteiger partial charge in [0, 0.05) is 31.9 Å². The van der Waals surface area contributed by atoms with Gasteiger partial charge in [-0.1, -0.05) is 19.3 Å². The Balaban J connectivity index is 1.52. The van der Waals surface area contributed by atoms with Crippen LogP contribution in [0.25, 0.3) is 0 Å². The summed E-state index contributed by atoms with van der Waals surface area (Å²) in [6.45, 7) is 2.95. The number of piperazine rings is 1. The predicted octanol–water partition coefficient (Wildman–Crippen LogP) is 2.13. The molecule has 23 heavy (non-hydrogen) atoms. The molecule has 0 aromatic heterocycles. The van der Waals surface area contributed by atoms with Crippen molar-refractivity contribution in [2.24, 2.45) is 0 Å². The standard InChI is InChI=1S/C18H26N2O3/c21-16-6-4-15(5-7-16)19-10-12-20(13-11-19)17(22)14-18(23)8-2-1-3-9-18/h4-7,21,23H,1-3,8-14H2. The van der Waals surface area contributed by atoms with Crippen molar-refractivity contribution in [1.29, 1.82) is 0 Å². The number of hydrogen-bond donors (Lipinski definition) is 2. The Morgan fingerprint density at radius 3 is 2.22 bits per heavy atom. The van der Waals surface area contributed by atoms with E-state index in [1.165, 1.54) is 6.42 Å². The summed E-state index contributed by atoms with van der Waals surface area (Å²) < 4.78 is 0. The molecule has 0 unspecified atom stereocenters. The number of hydrogen-bond acceptors (Lipinski definition) is 4. The van der Waals surface area contributed by atoms with Crippen LogP contribution in [0.2, 0.25) is 0 Å². The lowest BCUT2D eigenvalue weighted by atomic mass is 9.82. The number of anilines is 1. The van der Waals surface area contributed by atoms with E-state index in [2.05, 4.69) is 4.90 Å². The molecule has 126 valence electrons. The Labute approximate surface area is 137 Å². The molecule has 2 fully saturated rings. The molecule has 5 heteroatoms. The van der Waals surface area contributed by atoms with Gasteiger partial charge in [-0.05, 0) is 37.1 Å². The fourth-order valence-corrected chi connectivity index (χ4v) is 3.66. The third-order valence-electron chi connectivity index (χ3n) is 5.11. The molecule has 1 amide bonds. The van der Waals surface area contributed by atoms with Crippen LogP contribution in [0.4, 0.5) is 5.69 Å². The molecule has 0 spiro atoms. The van der Waals surface area contributed by atoms with Crippen molar-refractivity contribution < 1.29 is 15.0 Å². The summed E-state index contributed by atoms with van der Waals surface area (Å²) in [5.41, 5.74) is 0.296. The molecular formula is C18H26N2O3. The largest absolute Gasteiger partial charge is 0.508 e. The summed E-state index contributed by atoms with van der Waals surface area (Å²) in [6, 6.07) is 7.17. The molecule has 1 saturated heterocycles. The van der Waals surface area contributed by atoms with E-state index in [1.807, 2.05) is 17.0 Å². The van der Waals surface area contributed by atoms with Gasteiger partial charge in [-0.2, -0.15) is 0 Å². The lowest BCUT2D eigenvalue weighted by Crippen LogP contribution is -2.50. The summed E-state index contributed by atoms with van der Waals surface area (Å²) in [4.78, 5) is 16.6. The van der Waals surface area contributed by atoms with Crippen molar-refractivity contribution in [3.05, 3.63) is 24.3 Å². The van der Waals surface area contributed by atoms with Crippen LogP contribution >= 0.6 is 0 Å². The second-order valence-electron chi connectivity index (χ2n) is 6.85. The topological polar surface area (TPSA) is 64.0 Å². The molecule has 1 heterocycles. The number of phenolic OH excluding ortho intramolecular Hbond substituents is 1. The van der Waals surface area contributed by atoms with Crippen LogP contribution in [0.15, 0.2) is 24.3 Å². The molecule has 2 aliphatic rings. The third-order valence-corrected chi connectivity index (χ3v) is 5.11. The predicted molar refractivity (Wildman–Crippen MR) is 89.6 cm³/mol. The SMILES string of the molecule is O=C(CC1(O)CCCCC1)N1CCN(c2ccc(O)cc2)CC1. The van der Waals surface area contributed by atoms with Crippen molar-refractivity contribution in [2.45, 2.75) is 44.1 Å². The van der Waals surface area contributed by atoms with Crippen LogP contribution in [-0.2, 0) is 4.79 Å². The summed E-state index contributed by atoms with van der Waals surface area (Å²) in [5.74, 6) is 0.350. The van der Waals surface area contributed by atoms with Gasteiger partial charge >= 0.3 is 0 Å². The molecule has 5 nitrogen and oxygen atoms in total. The number of aromatic hydroxyl groups is 1. The lowest BCUT2D eigenvalue weighted by molar-refractivity contribution is -0.138. The summed E-state index contributed by atoms with van der Waals surface area (Å²) in [5, 5.41) is 19.9. The van der Waals surface area contributed by atoms with Gasteiger partial charge in [-0.15, -0.1) is 0 Å². The third kappa shape index (κ3) is 3.96. The number of amides is 1. The van der Waals surface area contributed by atoms with Crippen LogP contribution in [0.1, 0.15) is 38.5 Å². The highest BCUT2D eigenvalue weighted by Gasteiger charge is 2.34. The maximum atomic E-state index is 12.5. The van der Waals surface area contributed by atoms with Gasteiger partial charge in [0.25, 0.3) is 0 Å². The first-order valence-corrected chi connectivity index (χ1v) is 8.60. The highest BCUT2D eigenvalue weighted by molar-refractivity contribution is 5.77. The number of phenols is 1. The molecule has 1 saturated carbocycles. The van der Waals surface area contributed by atoms with Gasteiger partial charge in [0.05, 0.1) is 12.0 Å². The van der Waals surface area contributed by atoms with Gasteiger partial charge in [0.15, 0.2) is 0 Å². The Morgan fingerprint density at radius 2 is 1.61 bits per heavy atom. The van der Waals surface area contributed by atoms with Crippen molar-refractivity contribution in [3.8, 4) is 5.75 Å². The molecule has 0 radical (unpaired) electrons. The van der Waals surface area contributed by atoms with Crippen molar-refractivity contribution in [3.63, 3.8) is 0 Å². The number of carbonyl (C=O) groups is 1. The number of benzene rings is 1. The fourth-order valence-electron chi connectivity index (χ4n) is 3.66. The molecular weight excluding hydrogens is 292 g/mol. The quantitative estimate of drug-likeness (QED) is 0.896. The van der Waals surface area contributed by atoms with Crippen LogP contribution in [0.5, 0.6) is 5.75 Å². The van der Waals surface area contributed by atoms with E-state index in [1.54, 1.807) is 12.1 Å². The summed E-state index contributed by atoms with van der Waals surface area (Å²) in [7, 11) is 0. The molecule has 3 rings (SSSR count). The molecule has 2 N–H and O–H groups in total. The van der Waals surface area contributed by atoms with Gasteiger partial charge in [0.1, 0.15) is 5.75 Å². The highest BCUT2D eigenvalue weighted by Crippen LogP contribution is 2.31. The van der Waals surface area contributed by atoms with Crippen molar-refractivity contribution >= 4 is 11.6 Å². The molecule has 0 atom stereocenters. The number of rotatable bonds is 3. The van der Waals surface area contributed by atoms with Crippen molar-refractivity contribution in [1.82, 2.24) is 4.90 Å². The average molecular weight is 318 g/mol. The zero-order valence-corrected chi connectivity index (χ0v) is 13.6. The molecule has 0 bridgehead atoms. The number of aliphatic hydroxyl groups is 1. The van der Waals surface area contributed by atoms with E-state index in [0.717, 1.165) is 44.5 Å². The van der Waals surface area contributed by atoms with Gasteiger partial charge < -0.3 is 20.0 Å². The van der Waals surface area contributed by atoms with Crippen LogP contribution in [-0.4, -0.2) is 52.8 Å². The number of carbonyl (C=O) groups excluding carboxylic acids is 1. The zero-order chi connectivity index (χ0) is 16.3. The average Bonchev–Trinajstić information content (AvgIpc) is 2.56. The fraction of sp³-hybridized carbons (Fsp3) is 0.611. The Morgan fingerprint density at radius 1 is 1.00 bits per heavy atom. The monoisotopic (exact) mass is 318 g/mol. The zero-order valence-electron chi connectivity index (χ0n) is 13.6. The normalized spacial score (nSPS) is 21.3. The van der Waals surface area contributed by atoms with E-state index in [4.69, 9.17) is 0 Å². The van der Waals surface area contributed by atoms with E-state index in [9.17, 15) is 15.0 Å². The van der Waals surface area contributed by atoms with Gasteiger partial charge in [0.2, 0.25) is 5.91 Å². The van der Waals surface area contributed by atoms with Crippen LogP contribution in [0.3, 0.4) is 0 Å². The first kappa shape index (κ1) is 16.1. The van der Waals surface area contributed by atoms with Gasteiger partial charge in [-0.3, -0.25) is 4.79 Å². The smallest absolute Gasteiger partial charge is 0.225 e. The number of nitrogens with zero attached hydrogens (tertiary/aromatic N) is 2. The molecule has 1 aliphatic carbocycles. The second kappa shape index (κ2) is 6.79. The lowest BCUT2D eigenvalue weighted by Gasteiger charge is -2.38. The Bertz CT molecular complexity index is 530. The first-order chi connectivity index (χ1) is 11.1. The second-order valence-corrected chi connectivity index (χ2v) is 6.85. The van der Waals surface area contributed by atoms with E-state index >= 15 is 0 Å². The minimum absolute atomic E-state index is 0.0831. The molecule has 1 aromatic carbocycles.